The maximum absolute atomic E-state index is 13.3. The van der Waals surface area contributed by atoms with Crippen molar-refractivity contribution in [1.29, 1.82) is 0 Å². The number of amides is 1. The highest BCUT2D eigenvalue weighted by atomic mass is 16.3. The average molecular weight is 540 g/mol. The average Bonchev–Trinajstić information content (AvgIpc) is 3.43. The minimum absolute atomic E-state index is 0.0822. The van der Waals surface area contributed by atoms with Crippen molar-refractivity contribution in [2.45, 2.75) is 94.2 Å². The molecule has 4 aromatic rings. The van der Waals surface area contributed by atoms with Gasteiger partial charge in [-0.15, -0.1) is 5.10 Å². The number of carbonyl (C=O) groups excluding carboxylic acids is 1. The highest BCUT2D eigenvalue weighted by molar-refractivity contribution is 5.91. The first kappa shape index (κ1) is 24.0. The molecule has 11 nitrogen and oxygen atoms in total. The molecular formula is C29H33N9O2. The number of anilines is 1. The van der Waals surface area contributed by atoms with Gasteiger partial charge in [-0.2, -0.15) is 9.61 Å². The number of aromatic amines is 1. The smallest absolute Gasteiger partial charge is 0.294 e. The second-order valence-electron chi connectivity index (χ2n) is 12.2. The van der Waals surface area contributed by atoms with Crippen molar-refractivity contribution >= 4 is 17.4 Å². The molecule has 2 aliphatic heterocycles. The van der Waals surface area contributed by atoms with Crippen LogP contribution >= 0.6 is 0 Å². The van der Waals surface area contributed by atoms with Gasteiger partial charge in [-0.3, -0.25) is 14.9 Å². The molecule has 2 aliphatic carbocycles. The SMILES string of the molecule is Cc1nc(C(=O)N2[C@@H]3CC[C@H]2CC(c2nc4c(-c5ccc(C6(O)CCC6)nc5)cnn4c(N)c2C2CC2)C3)n[nH]1. The van der Waals surface area contributed by atoms with Crippen molar-refractivity contribution < 1.29 is 9.90 Å². The van der Waals surface area contributed by atoms with Gasteiger partial charge in [-0.1, -0.05) is 6.07 Å². The molecule has 0 radical (unpaired) electrons. The number of hydrogen-bond donors (Lipinski definition) is 3. The van der Waals surface area contributed by atoms with Gasteiger partial charge in [0.05, 0.1) is 17.6 Å². The lowest BCUT2D eigenvalue weighted by Gasteiger charge is -2.38. The number of piperidine rings is 1. The molecule has 4 N–H and O–H groups in total. The van der Waals surface area contributed by atoms with E-state index in [4.69, 9.17) is 10.7 Å². The Kier molecular flexibility index (Phi) is 5.14. The molecule has 0 spiro atoms. The molecule has 206 valence electrons. The lowest BCUT2D eigenvalue weighted by molar-refractivity contribution is -0.0426. The third-order valence-electron chi connectivity index (χ3n) is 9.61. The number of H-pyrrole nitrogens is 1. The third-order valence-corrected chi connectivity index (χ3v) is 9.61. The van der Waals surface area contributed by atoms with Crippen LogP contribution in [0.4, 0.5) is 5.82 Å². The van der Waals surface area contributed by atoms with Crippen LogP contribution in [0.3, 0.4) is 0 Å². The quantitative estimate of drug-likeness (QED) is 0.348. The molecule has 2 saturated carbocycles. The molecule has 1 unspecified atom stereocenters. The van der Waals surface area contributed by atoms with Crippen LogP contribution in [-0.4, -0.2) is 62.8 Å². The Bertz CT molecular complexity index is 1620. The molecule has 4 aromatic heterocycles. The molecule has 6 heterocycles. The second-order valence-corrected chi connectivity index (χ2v) is 12.2. The van der Waals surface area contributed by atoms with E-state index in [1.165, 1.54) is 0 Å². The van der Waals surface area contributed by atoms with E-state index in [1.54, 1.807) is 4.52 Å². The van der Waals surface area contributed by atoms with E-state index >= 15 is 0 Å². The summed E-state index contributed by atoms with van der Waals surface area (Å²) in [6.45, 7) is 1.81. The van der Waals surface area contributed by atoms with E-state index in [-0.39, 0.29) is 29.7 Å². The number of pyridine rings is 1. The minimum atomic E-state index is -0.795. The molecule has 4 aliphatic rings. The summed E-state index contributed by atoms with van der Waals surface area (Å²) < 4.78 is 1.78. The number of aliphatic hydroxyl groups is 1. The van der Waals surface area contributed by atoms with Crippen LogP contribution in [0.5, 0.6) is 0 Å². The van der Waals surface area contributed by atoms with Crippen molar-refractivity contribution in [2.75, 3.05) is 5.73 Å². The summed E-state index contributed by atoms with van der Waals surface area (Å²) in [5.41, 5.74) is 11.5. The van der Waals surface area contributed by atoms with Gasteiger partial charge in [0.2, 0.25) is 5.82 Å². The lowest BCUT2D eigenvalue weighted by atomic mass is 9.77. The van der Waals surface area contributed by atoms with E-state index < -0.39 is 5.60 Å². The van der Waals surface area contributed by atoms with Gasteiger partial charge in [-0.05, 0) is 76.7 Å². The number of nitrogens with zero attached hydrogens (tertiary/aromatic N) is 7. The van der Waals surface area contributed by atoms with Gasteiger partial charge < -0.3 is 15.7 Å². The van der Waals surface area contributed by atoms with Crippen molar-refractivity contribution in [1.82, 2.24) is 39.7 Å². The normalized spacial score (nSPS) is 25.4. The summed E-state index contributed by atoms with van der Waals surface area (Å²) >= 11 is 0. The van der Waals surface area contributed by atoms with Crippen molar-refractivity contribution in [2.24, 2.45) is 0 Å². The number of aromatic nitrogens is 7. The molecule has 1 amide bonds. The topological polar surface area (TPSA) is 151 Å². The molecular weight excluding hydrogens is 506 g/mol. The fraction of sp³-hybridized carbons (Fsp3) is 0.517. The summed E-state index contributed by atoms with van der Waals surface area (Å²) in [6.07, 6.45) is 12.1. The van der Waals surface area contributed by atoms with Crippen LogP contribution < -0.4 is 5.73 Å². The van der Waals surface area contributed by atoms with Crippen molar-refractivity contribution in [3.8, 4) is 11.1 Å². The monoisotopic (exact) mass is 539 g/mol. The Morgan fingerprint density at radius 3 is 2.45 bits per heavy atom. The Hall–Kier alpha value is -3.86. The van der Waals surface area contributed by atoms with E-state index in [1.807, 2.05) is 36.4 Å². The summed E-state index contributed by atoms with van der Waals surface area (Å²) in [5.74, 6) is 2.12. The molecule has 2 bridgehead atoms. The van der Waals surface area contributed by atoms with E-state index in [0.717, 1.165) is 91.5 Å². The van der Waals surface area contributed by atoms with Gasteiger partial charge in [-0.25, -0.2) is 9.97 Å². The summed E-state index contributed by atoms with van der Waals surface area (Å²) in [6, 6.07) is 4.19. The number of nitrogen functional groups attached to an aromatic ring is 1. The minimum Gasteiger partial charge on any atom is -0.384 e. The van der Waals surface area contributed by atoms with Crippen LogP contribution in [0.2, 0.25) is 0 Å². The number of fused-ring (bicyclic) bond motifs is 3. The first-order chi connectivity index (χ1) is 19.4. The summed E-state index contributed by atoms with van der Waals surface area (Å²) in [4.78, 5) is 29.5. The van der Waals surface area contributed by atoms with Crippen LogP contribution in [0.1, 0.15) is 103 Å². The Morgan fingerprint density at radius 2 is 1.85 bits per heavy atom. The highest BCUT2D eigenvalue weighted by Gasteiger charge is 2.46. The maximum Gasteiger partial charge on any atom is 0.294 e. The number of nitrogens with two attached hydrogens (primary N) is 1. The fourth-order valence-corrected chi connectivity index (χ4v) is 7.23. The van der Waals surface area contributed by atoms with Gasteiger partial charge in [0.15, 0.2) is 5.65 Å². The number of nitrogens with one attached hydrogen (secondary N) is 1. The molecule has 11 heteroatoms. The lowest BCUT2D eigenvalue weighted by Crippen LogP contribution is -2.46. The van der Waals surface area contributed by atoms with E-state index in [0.29, 0.717) is 17.6 Å². The van der Waals surface area contributed by atoms with Gasteiger partial charge >= 0.3 is 0 Å². The van der Waals surface area contributed by atoms with Crippen LogP contribution in [0, 0.1) is 6.92 Å². The predicted octanol–water partition coefficient (Wildman–Crippen LogP) is 3.60. The zero-order valence-corrected chi connectivity index (χ0v) is 22.5. The Morgan fingerprint density at radius 1 is 1.07 bits per heavy atom. The molecule has 40 heavy (non-hydrogen) atoms. The molecule has 0 aromatic carbocycles. The number of hydrogen-bond acceptors (Lipinski definition) is 8. The van der Waals surface area contributed by atoms with Crippen LogP contribution in [0.25, 0.3) is 16.8 Å². The van der Waals surface area contributed by atoms with Gasteiger partial charge in [0.25, 0.3) is 5.91 Å². The summed E-state index contributed by atoms with van der Waals surface area (Å²) in [5, 5.41) is 22.3. The fourth-order valence-electron chi connectivity index (χ4n) is 7.23. The maximum atomic E-state index is 13.3. The third kappa shape index (κ3) is 3.59. The zero-order valence-electron chi connectivity index (χ0n) is 22.5. The van der Waals surface area contributed by atoms with E-state index in [9.17, 15) is 9.90 Å². The first-order valence-corrected chi connectivity index (χ1v) is 14.5. The number of rotatable bonds is 5. The number of carbonyl (C=O) groups is 1. The predicted molar refractivity (Wildman–Crippen MR) is 146 cm³/mol. The highest BCUT2D eigenvalue weighted by Crippen LogP contribution is 2.50. The largest absolute Gasteiger partial charge is 0.384 e. The van der Waals surface area contributed by atoms with Crippen LogP contribution in [-0.2, 0) is 5.60 Å². The van der Waals surface area contributed by atoms with Crippen molar-refractivity contribution in [3.05, 3.63) is 53.1 Å². The number of aryl methyl sites for hydroxylation is 1. The van der Waals surface area contributed by atoms with Gasteiger partial charge in [0, 0.05) is 40.9 Å². The van der Waals surface area contributed by atoms with Crippen LogP contribution in [0.15, 0.2) is 24.5 Å². The molecule has 4 fully saturated rings. The molecule has 8 rings (SSSR count). The van der Waals surface area contributed by atoms with Crippen molar-refractivity contribution in [3.63, 3.8) is 0 Å². The molecule has 2 saturated heterocycles. The van der Waals surface area contributed by atoms with E-state index in [2.05, 4.69) is 25.3 Å². The summed E-state index contributed by atoms with van der Waals surface area (Å²) in [7, 11) is 0. The zero-order chi connectivity index (χ0) is 27.2. The first-order valence-electron chi connectivity index (χ1n) is 14.5. The Balaban J connectivity index is 1.15. The van der Waals surface area contributed by atoms with Gasteiger partial charge in [0.1, 0.15) is 17.2 Å². The Labute approximate surface area is 231 Å². The standard InChI is InChI=1S/C29H33N9O2/c1-15-33-26(36-35-15)28(39)37-19-6-7-20(37)12-18(11-19)24-23(16-3-4-16)25(30)38-27(34-24)21(14-32-38)17-5-8-22(31-13-17)29(40)9-2-10-29/h5,8,13-14,16,18-20,40H,2-4,6-7,9-12,30H2,1H3,(H,33,35,36)/t18?,19-,20+. The second kappa shape index (κ2) is 8.57. The molecule has 3 atom stereocenters.